The molecule has 0 spiro atoms. The summed E-state index contributed by atoms with van der Waals surface area (Å²) in [7, 11) is -14.1. The largest absolute Gasteiger partial charge is 0.511 e. The Bertz CT molecular complexity index is 1520. The van der Waals surface area contributed by atoms with Gasteiger partial charge >= 0.3 is 18.3 Å². The third-order valence-corrected chi connectivity index (χ3v) is 15.2. The third-order valence-electron chi connectivity index (χ3n) is 8.84. The van der Waals surface area contributed by atoms with Crippen molar-refractivity contribution in [1.82, 2.24) is 10.6 Å². The van der Waals surface area contributed by atoms with Crippen molar-refractivity contribution >= 4 is 91.4 Å². The Morgan fingerprint density at radius 2 is 0.706 bits per heavy atom. The van der Waals surface area contributed by atoms with Gasteiger partial charge in [0.25, 0.3) is 0 Å². The number of hydrogen-bond acceptors (Lipinski definition) is 15. The summed E-state index contributed by atoms with van der Waals surface area (Å²) in [4.78, 5) is 40.4. The Hall–Kier alpha value is -0.629. The number of amides is 2. The highest BCUT2D eigenvalue weighted by Gasteiger charge is 2.54. The zero-order valence-corrected chi connectivity index (χ0v) is 53.2. The van der Waals surface area contributed by atoms with Gasteiger partial charge in [0, 0.05) is 12.8 Å². The third kappa shape index (κ3) is 25.3. The van der Waals surface area contributed by atoms with Gasteiger partial charge in [0.15, 0.2) is 73.6 Å². The average molecular weight is 1110 g/mol. The van der Waals surface area contributed by atoms with Gasteiger partial charge in [-0.25, -0.2) is 14.4 Å². The van der Waals surface area contributed by atoms with E-state index in [1.807, 2.05) is 118 Å². The molecule has 2 rings (SSSR count). The van der Waals surface area contributed by atoms with E-state index >= 15 is 0 Å². The molecule has 2 heterocycles. The van der Waals surface area contributed by atoms with Crippen molar-refractivity contribution < 1.29 is 69.4 Å². The standard InChI is InChI=1S/C43H90Cl2N2O15Si6/c1-42(2,3)55-39(48)46-31-35(59-65(13,14)15)33(57-63(7,8)9)27(51-37(31)61-67(19,20)21)25-29(44)53-41(50)54-30(45)26-28-34(58-64(10,11)12)36(60-66(16,17)18)32(38(52-28)62-68(22,23)24)47-40(49)56-43(4,5)6/h27-38H,25-26H2,1-24H3,(H,46,48)(H,47,49)/t27-,28-,29?,30?,31-,32-,33-,34-,35-,36-,37-,38-/m1/s1. The fraction of sp³-hybridized carbons (Fsp3) is 0.930. The van der Waals surface area contributed by atoms with E-state index < -0.39 is 152 Å². The second-order valence-electron chi connectivity index (χ2n) is 25.4. The molecule has 17 nitrogen and oxygen atoms in total. The topological polar surface area (TPSA) is 186 Å². The molecule has 0 aliphatic carbocycles. The van der Waals surface area contributed by atoms with Gasteiger partial charge in [0.1, 0.15) is 23.3 Å². The van der Waals surface area contributed by atoms with E-state index in [0.717, 1.165) is 0 Å². The number of alkyl carbamates (subject to hydrolysis) is 2. The molecule has 2 fully saturated rings. The van der Waals surface area contributed by atoms with Crippen LogP contribution in [0.25, 0.3) is 0 Å². The van der Waals surface area contributed by atoms with Crippen molar-refractivity contribution in [2.75, 3.05) is 0 Å². The van der Waals surface area contributed by atoms with Crippen LogP contribution < -0.4 is 10.6 Å². The Kier molecular flexibility index (Phi) is 22.5. The number of carbonyl (C=O) groups excluding carboxylic acids is 3. The molecule has 25 heteroatoms. The van der Waals surface area contributed by atoms with Crippen LogP contribution in [0.1, 0.15) is 54.4 Å². The number of rotatable bonds is 20. The molecule has 400 valence electrons. The molecule has 2 saturated heterocycles. The van der Waals surface area contributed by atoms with Crippen LogP contribution in [0.4, 0.5) is 14.4 Å². The summed E-state index contributed by atoms with van der Waals surface area (Å²) in [5, 5.41) is 5.99. The lowest BCUT2D eigenvalue weighted by Crippen LogP contribution is -2.69. The van der Waals surface area contributed by atoms with Gasteiger partial charge in [-0.15, -0.1) is 0 Å². The van der Waals surface area contributed by atoms with E-state index in [-0.39, 0.29) is 12.8 Å². The van der Waals surface area contributed by atoms with Crippen molar-refractivity contribution in [2.45, 2.75) is 256 Å². The first-order valence-electron chi connectivity index (χ1n) is 23.7. The molecule has 2 amide bonds. The molecule has 0 saturated carbocycles. The van der Waals surface area contributed by atoms with Crippen LogP contribution in [-0.4, -0.2) is 152 Å². The summed E-state index contributed by atoms with van der Waals surface area (Å²) in [5.74, 6) is 0. The minimum atomic E-state index is -2.36. The molecule has 0 aromatic rings. The van der Waals surface area contributed by atoms with E-state index in [1.165, 1.54) is 0 Å². The maximum Gasteiger partial charge on any atom is 0.511 e. The van der Waals surface area contributed by atoms with E-state index in [1.54, 1.807) is 41.5 Å². The minimum Gasteiger partial charge on any atom is -0.444 e. The van der Waals surface area contributed by atoms with E-state index in [0.29, 0.717) is 0 Å². The monoisotopic (exact) mass is 1110 g/mol. The quantitative estimate of drug-likeness (QED) is 0.0507. The van der Waals surface area contributed by atoms with Crippen molar-refractivity contribution in [1.29, 1.82) is 0 Å². The first-order chi connectivity index (χ1) is 30.2. The summed E-state index contributed by atoms with van der Waals surface area (Å²) in [5.41, 5.74) is -4.13. The van der Waals surface area contributed by atoms with Gasteiger partial charge in [-0.3, -0.25) is 0 Å². The summed E-state index contributed by atoms with van der Waals surface area (Å²) >= 11 is 13.8. The van der Waals surface area contributed by atoms with E-state index in [9.17, 15) is 14.4 Å². The molecular formula is C43H90Cl2N2O15Si6. The lowest BCUT2D eigenvalue weighted by molar-refractivity contribution is -0.237. The van der Waals surface area contributed by atoms with Crippen LogP contribution in [0.5, 0.6) is 0 Å². The SMILES string of the molecule is CC(C)(C)OC(=O)N[C@H]1[C@@H](O[Si](C)(C)C)O[C@H](CC(Cl)OC(=O)OC(Cl)C[C@H]2O[C@H](O[Si](C)(C)C)[C@H](NC(=O)OC(C)(C)C)[C@@H](O[Si](C)(C)C)[C@@H]2O[Si](C)(C)C)[C@@H](O[Si](C)(C)C)[C@@H]1O[Si](C)(C)C. The Morgan fingerprint density at radius 1 is 0.456 bits per heavy atom. The first kappa shape index (κ1) is 63.5. The van der Waals surface area contributed by atoms with Gasteiger partial charge in [-0.2, -0.15) is 0 Å². The summed E-state index contributed by atoms with van der Waals surface area (Å²) in [6.45, 7) is 47.3. The normalized spacial score (nSPS) is 28.0. The van der Waals surface area contributed by atoms with Crippen molar-refractivity contribution in [2.24, 2.45) is 0 Å². The summed E-state index contributed by atoms with van der Waals surface area (Å²) in [6, 6.07) is -1.66. The lowest BCUT2D eigenvalue weighted by atomic mass is 9.95. The molecule has 2 aliphatic rings. The molecule has 2 aliphatic heterocycles. The second kappa shape index (κ2) is 24.2. The van der Waals surface area contributed by atoms with Gasteiger partial charge in [-0.05, 0) is 159 Å². The number of alkyl halides is 2. The molecule has 2 N–H and O–H groups in total. The second-order valence-corrected chi connectivity index (χ2v) is 53.2. The number of hydrogen-bond donors (Lipinski definition) is 2. The molecular weight excluding hydrogens is 1020 g/mol. The lowest BCUT2D eigenvalue weighted by Gasteiger charge is -2.51. The highest BCUT2D eigenvalue weighted by molar-refractivity contribution is 6.71. The van der Waals surface area contributed by atoms with Gasteiger partial charge < -0.3 is 65.6 Å². The smallest absolute Gasteiger partial charge is 0.444 e. The van der Waals surface area contributed by atoms with Crippen molar-refractivity contribution in [3.8, 4) is 0 Å². The van der Waals surface area contributed by atoms with Crippen molar-refractivity contribution in [3.63, 3.8) is 0 Å². The number of halogens is 2. The molecule has 12 atom stereocenters. The van der Waals surface area contributed by atoms with Crippen LogP contribution in [0.2, 0.25) is 118 Å². The molecule has 0 aromatic heterocycles. The Labute approximate surface area is 425 Å². The summed E-state index contributed by atoms with van der Waals surface area (Å²) < 4.78 is 76.7. The fourth-order valence-corrected chi connectivity index (χ4v) is 13.9. The maximum atomic E-state index is 13.6. The fourth-order valence-electron chi connectivity index (χ4n) is 7.17. The number of nitrogens with one attached hydrogen (secondary N) is 2. The Balaban J connectivity index is 2.50. The zero-order chi connectivity index (χ0) is 53.0. The highest BCUT2D eigenvalue weighted by atomic mass is 35.5. The van der Waals surface area contributed by atoms with Crippen molar-refractivity contribution in [3.05, 3.63) is 0 Å². The van der Waals surface area contributed by atoms with Crippen LogP contribution in [0.3, 0.4) is 0 Å². The van der Waals surface area contributed by atoms with E-state index in [4.69, 9.17) is 78.2 Å². The maximum absolute atomic E-state index is 13.6. The van der Waals surface area contributed by atoms with Crippen LogP contribution in [-0.2, 0) is 55.0 Å². The number of ether oxygens (including phenoxy) is 6. The van der Waals surface area contributed by atoms with Crippen LogP contribution in [0, 0.1) is 0 Å². The highest BCUT2D eigenvalue weighted by Crippen LogP contribution is 2.37. The van der Waals surface area contributed by atoms with E-state index in [2.05, 4.69) is 10.6 Å². The predicted molar refractivity (Wildman–Crippen MR) is 281 cm³/mol. The average Bonchev–Trinajstić information content (AvgIpc) is 3.02. The molecule has 0 radical (unpaired) electrons. The van der Waals surface area contributed by atoms with Crippen LogP contribution >= 0.6 is 23.2 Å². The van der Waals surface area contributed by atoms with Gasteiger partial charge in [0.2, 0.25) is 0 Å². The number of carbonyl (C=O) groups is 3. The molecule has 0 bridgehead atoms. The first-order valence-corrected chi connectivity index (χ1v) is 45.0. The summed E-state index contributed by atoms with van der Waals surface area (Å²) in [6.07, 6.45) is -9.27. The minimum absolute atomic E-state index is 0.0651. The zero-order valence-electron chi connectivity index (χ0n) is 45.7. The predicted octanol–water partition coefficient (Wildman–Crippen LogP) is 10.9. The van der Waals surface area contributed by atoms with Crippen LogP contribution in [0.15, 0.2) is 0 Å². The molecule has 2 unspecified atom stereocenters. The van der Waals surface area contributed by atoms with Gasteiger partial charge in [0.05, 0.1) is 36.6 Å². The molecule has 0 aromatic carbocycles. The van der Waals surface area contributed by atoms with Gasteiger partial charge in [-0.1, -0.05) is 23.2 Å². The Morgan fingerprint density at radius 3 is 0.941 bits per heavy atom. The molecule has 68 heavy (non-hydrogen) atoms.